The van der Waals surface area contributed by atoms with Gasteiger partial charge in [-0.1, -0.05) is 34.1 Å². The molecule has 3 atom stereocenters. The Labute approximate surface area is 184 Å². The summed E-state index contributed by atoms with van der Waals surface area (Å²) in [5, 5.41) is 19.9. The van der Waals surface area contributed by atoms with Crippen LogP contribution in [0.15, 0.2) is 0 Å². The Kier molecular flexibility index (Phi) is 14.7. The molecule has 3 unspecified atom stereocenters. The summed E-state index contributed by atoms with van der Waals surface area (Å²) in [6.45, 7) is 7.25. The van der Waals surface area contributed by atoms with Crippen LogP contribution in [0.2, 0.25) is 0 Å². The third-order valence-corrected chi connectivity index (χ3v) is 4.76. The SMILES string of the molecule is CCCC(NC(=O)CC)C(NC(=O)CC)C(=O)NCCCCC(NC(=O)CC)C(=O)O. The lowest BCUT2D eigenvalue weighted by Gasteiger charge is -2.28. The summed E-state index contributed by atoms with van der Waals surface area (Å²) in [5.41, 5.74) is 0. The van der Waals surface area contributed by atoms with Gasteiger partial charge >= 0.3 is 5.97 Å². The van der Waals surface area contributed by atoms with E-state index in [0.29, 0.717) is 19.3 Å². The fourth-order valence-corrected chi connectivity index (χ4v) is 2.92. The van der Waals surface area contributed by atoms with Crippen LogP contribution in [0.1, 0.15) is 79.1 Å². The lowest BCUT2D eigenvalue weighted by atomic mass is 10.0. The van der Waals surface area contributed by atoms with Crippen LogP contribution in [-0.2, 0) is 24.0 Å². The lowest BCUT2D eigenvalue weighted by molar-refractivity contribution is -0.142. The van der Waals surface area contributed by atoms with Crippen molar-refractivity contribution < 1.29 is 29.1 Å². The van der Waals surface area contributed by atoms with Gasteiger partial charge in [-0.15, -0.1) is 0 Å². The molecule has 0 saturated carbocycles. The molecule has 0 aromatic carbocycles. The molecule has 0 fully saturated rings. The minimum atomic E-state index is -1.10. The molecule has 0 aliphatic rings. The average molecular weight is 443 g/mol. The number of amides is 4. The topological polar surface area (TPSA) is 154 Å². The summed E-state index contributed by atoms with van der Waals surface area (Å²) < 4.78 is 0. The smallest absolute Gasteiger partial charge is 0.326 e. The molecular formula is C21H38N4O6. The van der Waals surface area contributed by atoms with Crippen molar-refractivity contribution in [3.05, 3.63) is 0 Å². The van der Waals surface area contributed by atoms with Crippen molar-refractivity contribution in [2.75, 3.05) is 6.54 Å². The van der Waals surface area contributed by atoms with Crippen LogP contribution in [0.25, 0.3) is 0 Å². The molecule has 0 bridgehead atoms. The second kappa shape index (κ2) is 16.1. The van der Waals surface area contributed by atoms with E-state index in [1.54, 1.807) is 20.8 Å². The molecule has 0 heterocycles. The van der Waals surface area contributed by atoms with E-state index in [1.807, 2.05) is 6.92 Å². The first kappa shape index (κ1) is 28.4. The molecule has 0 saturated heterocycles. The highest BCUT2D eigenvalue weighted by molar-refractivity contribution is 5.89. The van der Waals surface area contributed by atoms with E-state index in [1.165, 1.54) is 0 Å². The van der Waals surface area contributed by atoms with Gasteiger partial charge in [-0.25, -0.2) is 4.79 Å². The summed E-state index contributed by atoms with van der Waals surface area (Å²) in [7, 11) is 0. The van der Waals surface area contributed by atoms with E-state index < -0.39 is 30.0 Å². The highest BCUT2D eigenvalue weighted by Gasteiger charge is 2.30. The van der Waals surface area contributed by atoms with E-state index in [9.17, 15) is 29.1 Å². The van der Waals surface area contributed by atoms with Crippen molar-refractivity contribution in [3.8, 4) is 0 Å². The Hall–Kier alpha value is -2.65. The van der Waals surface area contributed by atoms with Gasteiger partial charge in [0.1, 0.15) is 12.1 Å². The van der Waals surface area contributed by atoms with E-state index in [0.717, 1.165) is 6.42 Å². The predicted octanol–water partition coefficient (Wildman–Crippen LogP) is 0.842. The molecule has 0 radical (unpaired) electrons. The Balaban J connectivity index is 4.83. The van der Waals surface area contributed by atoms with Gasteiger partial charge in [0.2, 0.25) is 23.6 Å². The van der Waals surface area contributed by atoms with Gasteiger partial charge in [0, 0.05) is 25.8 Å². The number of hydrogen-bond donors (Lipinski definition) is 5. The molecule has 4 amide bonds. The zero-order valence-electron chi connectivity index (χ0n) is 19.1. The summed E-state index contributed by atoms with van der Waals surface area (Å²) in [6, 6.07) is -2.37. The molecular weight excluding hydrogens is 404 g/mol. The average Bonchev–Trinajstić information content (AvgIpc) is 2.75. The van der Waals surface area contributed by atoms with Gasteiger partial charge in [-0.3, -0.25) is 19.2 Å². The third kappa shape index (κ3) is 12.0. The highest BCUT2D eigenvalue weighted by atomic mass is 16.4. The van der Waals surface area contributed by atoms with Gasteiger partial charge in [0.25, 0.3) is 0 Å². The highest BCUT2D eigenvalue weighted by Crippen LogP contribution is 2.06. The summed E-state index contributed by atoms with van der Waals surface area (Å²) >= 11 is 0. The van der Waals surface area contributed by atoms with Gasteiger partial charge in [0.15, 0.2) is 0 Å². The number of carboxylic acid groups (broad SMARTS) is 1. The second-order valence-electron chi connectivity index (χ2n) is 7.31. The third-order valence-electron chi connectivity index (χ3n) is 4.76. The molecule has 10 heteroatoms. The second-order valence-corrected chi connectivity index (χ2v) is 7.31. The van der Waals surface area contributed by atoms with Crippen molar-refractivity contribution in [3.63, 3.8) is 0 Å². The van der Waals surface area contributed by atoms with Crippen LogP contribution in [0, 0.1) is 0 Å². The van der Waals surface area contributed by atoms with Gasteiger partial charge in [-0.2, -0.15) is 0 Å². The number of carbonyl (C=O) groups is 5. The number of rotatable bonds is 16. The molecule has 0 aliphatic carbocycles. The first-order chi connectivity index (χ1) is 14.7. The monoisotopic (exact) mass is 442 g/mol. The quantitative estimate of drug-likeness (QED) is 0.223. The summed E-state index contributed by atoms with van der Waals surface area (Å²) in [4.78, 5) is 59.2. The van der Waals surface area contributed by atoms with Crippen LogP contribution < -0.4 is 21.3 Å². The Morgan fingerprint density at radius 1 is 0.742 bits per heavy atom. The van der Waals surface area contributed by atoms with Crippen molar-refractivity contribution in [1.82, 2.24) is 21.3 Å². The fraction of sp³-hybridized carbons (Fsp3) is 0.762. The molecule has 31 heavy (non-hydrogen) atoms. The maximum absolute atomic E-state index is 12.7. The number of carboxylic acids is 1. The molecule has 0 aromatic rings. The Bertz CT molecular complexity index is 611. The maximum atomic E-state index is 12.7. The van der Waals surface area contributed by atoms with Gasteiger partial charge in [-0.05, 0) is 25.7 Å². The normalized spacial score (nSPS) is 13.4. The van der Waals surface area contributed by atoms with Crippen LogP contribution >= 0.6 is 0 Å². The Morgan fingerprint density at radius 3 is 1.81 bits per heavy atom. The van der Waals surface area contributed by atoms with Gasteiger partial charge < -0.3 is 26.4 Å². The minimum absolute atomic E-state index is 0.198. The number of carbonyl (C=O) groups excluding carboxylic acids is 4. The fourth-order valence-electron chi connectivity index (χ4n) is 2.92. The lowest BCUT2D eigenvalue weighted by Crippen LogP contribution is -2.58. The van der Waals surface area contributed by atoms with E-state index in [-0.39, 0.29) is 49.9 Å². The minimum Gasteiger partial charge on any atom is -0.480 e. The molecule has 0 rings (SSSR count). The molecule has 5 N–H and O–H groups in total. The van der Waals surface area contributed by atoms with Crippen molar-refractivity contribution in [2.45, 2.75) is 97.2 Å². The van der Waals surface area contributed by atoms with Crippen molar-refractivity contribution >= 4 is 29.6 Å². The zero-order valence-corrected chi connectivity index (χ0v) is 19.1. The van der Waals surface area contributed by atoms with Crippen LogP contribution in [-0.4, -0.2) is 59.4 Å². The summed E-state index contributed by atoms with van der Waals surface area (Å²) in [5.74, 6) is -2.31. The number of nitrogens with one attached hydrogen (secondary N) is 4. The van der Waals surface area contributed by atoms with E-state index in [4.69, 9.17) is 0 Å². The molecule has 10 nitrogen and oxygen atoms in total. The number of unbranched alkanes of at least 4 members (excludes halogenated alkanes) is 1. The molecule has 0 spiro atoms. The van der Waals surface area contributed by atoms with Crippen LogP contribution in [0.4, 0.5) is 0 Å². The van der Waals surface area contributed by atoms with Crippen LogP contribution in [0.5, 0.6) is 0 Å². The Morgan fingerprint density at radius 2 is 1.29 bits per heavy atom. The molecule has 0 aromatic heterocycles. The van der Waals surface area contributed by atoms with E-state index >= 15 is 0 Å². The van der Waals surface area contributed by atoms with Crippen molar-refractivity contribution in [1.29, 1.82) is 0 Å². The zero-order chi connectivity index (χ0) is 23.8. The number of hydrogen-bond acceptors (Lipinski definition) is 5. The van der Waals surface area contributed by atoms with Crippen molar-refractivity contribution in [2.24, 2.45) is 0 Å². The number of aliphatic carboxylic acids is 1. The molecule has 178 valence electrons. The standard InChI is InChI=1S/C21H38N4O6/c1-5-11-14(23-16(26)6-2)19(25-18(28)8-4)20(29)22-13-10-9-12-15(21(30)31)24-17(27)7-3/h14-15,19H,5-13H2,1-4H3,(H,22,29)(H,23,26)(H,24,27)(H,25,28)(H,30,31). The van der Waals surface area contributed by atoms with E-state index in [2.05, 4.69) is 21.3 Å². The largest absolute Gasteiger partial charge is 0.480 e. The molecule has 0 aliphatic heterocycles. The maximum Gasteiger partial charge on any atom is 0.326 e. The first-order valence-corrected chi connectivity index (χ1v) is 11.1. The first-order valence-electron chi connectivity index (χ1n) is 11.1. The van der Waals surface area contributed by atoms with Gasteiger partial charge in [0.05, 0.1) is 6.04 Å². The predicted molar refractivity (Wildman–Crippen MR) is 116 cm³/mol. The van der Waals surface area contributed by atoms with Crippen LogP contribution in [0.3, 0.4) is 0 Å². The summed E-state index contributed by atoms with van der Waals surface area (Å²) in [6.07, 6.45) is 3.19.